The van der Waals surface area contributed by atoms with Gasteiger partial charge in [0.25, 0.3) is 0 Å². The molecule has 0 aromatic heterocycles. The van der Waals surface area contributed by atoms with Gasteiger partial charge in [-0.15, -0.1) is 0 Å². The minimum atomic E-state index is -0.107. The number of rotatable bonds is 4. The average Bonchev–Trinajstić information content (AvgIpc) is 2.58. The van der Waals surface area contributed by atoms with E-state index in [1.165, 1.54) is 19.3 Å². The minimum Gasteiger partial charge on any atom is -0.370 e. The molecule has 3 rings (SSSR count). The first-order valence-electron chi connectivity index (χ1n) is 8.65. The molecule has 0 bridgehead atoms. The summed E-state index contributed by atoms with van der Waals surface area (Å²) in [5, 5.41) is 3.00. The molecule has 0 saturated carbocycles. The first-order chi connectivity index (χ1) is 11.2. The highest BCUT2D eigenvalue weighted by atomic mass is 16.2. The van der Waals surface area contributed by atoms with Gasteiger partial charge in [-0.2, -0.15) is 0 Å². The molecule has 2 aliphatic heterocycles. The molecule has 2 fully saturated rings. The molecule has 2 amide bonds. The summed E-state index contributed by atoms with van der Waals surface area (Å²) in [6, 6.07) is 7.95. The topological polar surface area (TPSA) is 52.7 Å². The Morgan fingerprint density at radius 2 is 1.74 bits per heavy atom. The number of nitrogens with zero attached hydrogens (tertiary/aromatic N) is 2. The van der Waals surface area contributed by atoms with Crippen molar-refractivity contribution in [3.05, 3.63) is 24.3 Å². The maximum absolute atomic E-state index is 12.3. The van der Waals surface area contributed by atoms with Crippen LogP contribution in [-0.4, -0.2) is 42.9 Å². The highest BCUT2D eigenvalue weighted by Gasteiger charge is 2.21. The highest BCUT2D eigenvalue weighted by molar-refractivity contribution is 5.97. The molecule has 0 atom stereocenters. The molecule has 1 aromatic rings. The van der Waals surface area contributed by atoms with Crippen LogP contribution in [0.2, 0.25) is 0 Å². The molecule has 0 aliphatic carbocycles. The Labute approximate surface area is 137 Å². The molecule has 0 spiro atoms. The number of nitrogens with one attached hydrogen (secondary N) is 1. The monoisotopic (exact) mass is 315 g/mol. The lowest BCUT2D eigenvalue weighted by atomic mass is 10.1. The number of piperidine rings is 2. The Kier molecular flexibility index (Phi) is 5.16. The first kappa shape index (κ1) is 15.8. The van der Waals surface area contributed by atoms with Gasteiger partial charge in [-0.25, -0.2) is 0 Å². The van der Waals surface area contributed by atoms with Crippen LogP contribution in [-0.2, 0) is 9.59 Å². The van der Waals surface area contributed by atoms with Crippen LogP contribution in [0.4, 0.5) is 11.4 Å². The molecule has 2 saturated heterocycles. The second-order valence-corrected chi connectivity index (χ2v) is 6.39. The summed E-state index contributed by atoms with van der Waals surface area (Å²) in [6.45, 7) is 2.93. The Morgan fingerprint density at radius 1 is 1.00 bits per heavy atom. The van der Waals surface area contributed by atoms with Crippen molar-refractivity contribution in [1.29, 1.82) is 0 Å². The first-order valence-corrected chi connectivity index (χ1v) is 8.65. The summed E-state index contributed by atoms with van der Waals surface area (Å²) in [5.74, 6) is -0.0135. The van der Waals surface area contributed by atoms with Crippen molar-refractivity contribution in [2.45, 2.75) is 38.5 Å². The van der Waals surface area contributed by atoms with E-state index in [0.717, 1.165) is 37.3 Å². The van der Waals surface area contributed by atoms with E-state index in [4.69, 9.17) is 0 Å². The second-order valence-electron chi connectivity index (χ2n) is 6.39. The smallest absolute Gasteiger partial charge is 0.244 e. The summed E-state index contributed by atoms with van der Waals surface area (Å²) >= 11 is 0. The maximum Gasteiger partial charge on any atom is 0.244 e. The fourth-order valence-corrected chi connectivity index (χ4v) is 3.38. The molecule has 5 heteroatoms. The van der Waals surface area contributed by atoms with Crippen molar-refractivity contribution in [2.24, 2.45) is 0 Å². The van der Waals surface area contributed by atoms with Crippen molar-refractivity contribution in [1.82, 2.24) is 4.90 Å². The number of amides is 2. The van der Waals surface area contributed by atoms with Gasteiger partial charge < -0.3 is 15.1 Å². The quantitative estimate of drug-likeness (QED) is 0.929. The zero-order valence-electron chi connectivity index (χ0n) is 13.6. The van der Waals surface area contributed by atoms with E-state index in [-0.39, 0.29) is 18.4 Å². The number of likely N-dealkylation sites (tertiary alicyclic amines) is 1. The van der Waals surface area contributed by atoms with Gasteiger partial charge >= 0.3 is 0 Å². The number of carbonyl (C=O) groups is 2. The van der Waals surface area contributed by atoms with Crippen LogP contribution in [0, 0.1) is 0 Å². The molecule has 2 aliphatic rings. The number of hydrogen-bond acceptors (Lipinski definition) is 3. The van der Waals surface area contributed by atoms with Crippen LogP contribution in [0.25, 0.3) is 0 Å². The van der Waals surface area contributed by atoms with Crippen molar-refractivity contribution < 1.29 is 9.59 Å². The molecule has 2 heterocycles. The number of anilines is 2. The third-order valence-electron chi connectivity index (χ3n) is 4.63. The van der Waals surface area contributed by atoms with Gasteiger partial charge in [0, 0.05) is 26.1 Å². The molecule has 1 N–H and O–H groups in total. The highest BCUT2D eigenvalue weighted by Crippen LogP contribution is 2.28. The predicted molar refractivity (Wildman–Crippen MR) is 91.6 cm³/mol. The van der Waals surface area contributed by atoms with E-state index in [1.807, 2.05) is 18.2 Å². The molecule has 5 nitrogen and oxygen atoms in total. The SMILES string of the molecule is O=C(CN1CCCCC1=O)Nc1ccccc1N1CCCCC1. The maximum atomic E-state index is 12.3. The normalized spacial score (nSPS) is 18.9. The van der Waals surface area contributed by atoms with E-state index in [9.17, 15) is 9.59 Å². The number of hydrogen-bond donors (Lipinski definition) is 1. The van der Waals surface area contributed by atoms with Crippen molar-refractivity contribution in [3.63, 3.8) is 0 Å². The summed E-state index contributed by atoms with van der Waals surface area (Å²) in [6.07, 6.45) is 6.17. The molecule has 1 aromatic carbocycles. The van der Waals surface area contributed by atoms with E-state index in [0.29, 0.717) is 13.0 Å². The number of carbonyl (C=O) groups excluding carboxylic acids is 2. The van der Waals surface area contributed by atoms with Crippen LogP contribution in [0.5, 0.6) is 0 Å². The van der Waals surface area contributed by atoms with E-state index < -0.39 is 0 Å². The van der Waals surface area contributed by atoms with Gasteiger partial charge in [-0.05, 0) is 44.2 Å². The largest absolute Gasteiger partial charge is 0.370 e. The lowest BCUT2D eigenvalue weighted by Crippen LogP contribution is -2.41. The van der Waals surface area contributed by atoms with Crippen LogP contribution < -0.4 is 10.2 Å². The Hall–Kier alpha value is -2.04. The van der Waals surface area contributed by atoms with Gasteiger partial charge in [-0.3, -0.25) is 9.59 Å². The zero-order valence-corrected chi connectivity index (χ0v) is 13.6. The standard InChI is InChI=1S/C18H25N3O2/c22-17(14-21-13-7-4-10-18(21)23)19-15-8-2-3-9-16(15)20-11-5-1-6-12-20/h2-3,8-9H,1,4-7,10-14H2,(H,19,22). The van der Waals surface area contributed by atoms with Gasteiger partial charge in [0.2, 0.25) is 11.8 Å². The van der Waals surface area contributed by atoms with Gasteiger partial charge in [0.1, 0.15) is 0 Å². The number of para-hydroxylation sites is 2. The van der Waals surface area contributed by atoms with Crippen molar-refractivity contribution >= 4 is 23.2 Å². The third kappa shape index (κ3) is 4.03. The van der Waals surface area contributed by atoms with Crippen molar-refractivity contribution in [2.75, 3.05) is 36.4 Å². The Balaban J connectivity index is 1.65. The summed E-state index contributed by atoms with van der Waals surface area (Å²) in [4.78, 5) is 28.2. The third-order valence-corrected chi connectivity index (χ3v) is 4.63. The minimum absolute atomic E-state index is 0.0933. The Morgan fingerprint density at radius 3 is 2.52 bits per heavy atom. The molecule has 23 heavy (non-hydrogen) atoms. The predicted octanol–water partition coefficient (Wildman–Crippen LogP) is 2.63. The average molecular weight is 315 g/mol. The molecular weight excluding hydrogens is 290 g/mol. The summed E-state index contributed by atoms with van der Waals surface area (Å²) in [7, 11) is 0. The lowest BCUT2D eigenvalue weighted by Gasteiger charge is -2.31. The van der Waals surface area contributed by atoms with Gasteiger partial charge in [0.15, 0.2) is 0 Å². The van der Waals surface area contributed by atoms with Crippen LogP contribution in [0.1, 0.15) is 38.5 Å². The van der Waals surface area contributed by atoms with E-state index >= 15 is 0 Å². The number of benzene rings is 1. The second kappa shape index (κ2) is 7.49. The van der Waals surface area contributed by atoms with E-state index in [2.05, 4.69) is 16.3 Å². The van der Waals surface area contributed by atoms with Gasteiger partial charge in [0.05, 0.1) is 17.9 Å². The zero-order chi connectivity index (χ0) is 16.1. The molecule has 0 unspecified atom stereocenters. The summed E-state index contributed by atoms with van der Waals surface area (Å²) in [5.41, 5.74) is 1.94. The fraction of sp³-hybridized carbons (Fsp3) is 0.556. The van der Waals surface area contributed by atoms with Crippen LogP contribution >= 0.6 is 0 Å². The summed E-state index contributed by atoms with van der Waals surface area (Å²) < 4.78 is 0. The Bertz CT molecular complexity index is 567. The van der Waals surface area contributed by atoms with E-state index in [1.54, 1.807) is 4.90 Å². The fourth-order valence-electron chi connectivity index (χ4n) is 3.38. The lowest BCUT2D eigenvalue weighted by molar-refractivity contribution is -0.136. The molecular formula is C18H25N3O2. The van der Waals surface area contributed by atoms with Crippen LogP contribution in [0.3, 0.4) is 0 Å². The molecule has 0 radical (unpaired) electrons. The molecule has 124 valence electrons. The van der Waals surface area contributed by atoms with Crippen molar-refractivity contribution in [3.8, 4) is 0 Å². The van der Waals surface area contributed by atoms with Crippen LogP contribution in [0.15, 0.2) is 24.3 Å². The van der Waals surface area contributed by atoms with Gasteiger partial charge in [-0.1, -0.05) is 12.1 Å².